The number of halogens is 1. The maximum absolute atomic E-state index is 14.5. The zero-order valence-electron chi connectivity index (χ0n) is 14.7. The van der Waals surface area contributed by atoms with E-state index in [0.717, 1.165) is 0 Å². The molecule has 140 valence electrons. The third-order valence-corrected chi connectivity index (χ3v) is 4.67. The van der Waals surface area contributed by atoms with Gasteiger partial charge >= 0.3 is 0 Å². The maximum Gasteiger partial charge on any atom is 0.294 e. The van der Waals surface area contributed by atoms with Gasteiger partial charge in [0, 0.05) is 44.2 Å². The molecule has 1 aliphatic rings. The van der Waals surface area contributed by atoms with Crippen LogP contribution in [0.25, 0.3) is 16.9 Å². The van der Waals surface area contributed by atoms with Crippen molar-refractivity contribution in [3.05, 3.63) is 52.5 Å². The molecule has 27 heavy (non-hydrogen) atoms. The molecule has 9 heteroatoms. The molecular weight excluding hydrogens is 355 g/mol. The normalized spacial score (nSPS) is 14.4. The van der Waals surface area contributed by atoms with E-state index < -0.39 is 17.5 Å². The number of β-amino-alcohol motifs (C(OH)–C–C–N with tert-alkyl or cyclic N) is 1. The summed E-state index contributed by atoms with van der Waals surface area (Å²) in [5.41, 5.74) is 0.282. The number of hydrogen-bond donors (Lipinski definition) is 1. The van der Waals surface area contributed by atoms with E-state index in [2.05, 4.69) is 4.98 Å². The van der Waals surface area contributed by atoms with E-state index in [0.29, 0.717) is 11.4 Å². The number of rotatable bonds is 3. The molecule has 2 aromatic heterocycles. The predicted molar refractivity (Wildman–Crippen MR) is 94.3 cm³/mol. The van der Waals surface area contributed by atoms with Crippen LogP contribution in [0.15, 0.2) is 35.4 Å². The number of amides is 1. The van der Waals surface area contributed by atoms with E-state index in [1.807, 2.05) is 0 Å². The molecule has 1 amide bonds. The topological polar surface area (TPSA) is 89.1 Å². The first-order valence-corrected chi connectivity index (χ1v) is 8.29. The zero-order chi connectivity index (χ0) is 19.3. The van der Waals surface area contributed by atoms with Crippen LogP contribution >= 0.6 is 0 Å². The Morgan fingerprint density at radius 3 is 2.70 bits per heavy atom. The summed E-state index contributed by atoms with van der Waals surface area (Å²) < 4.78 is 22.2. The van der Waals surface area contributed by atoms with Crippen molar-refractivity contribution in [2.75, 3.05) is 20.2 Å². The Hall–Kier alpha value is -3.20. The highest BCUT2D eigenvalue weighted by Gasteiger charge is 2.31. The van der Waals surface area contributed by atoms with Crippen LogP contribution in [0.1, 0.15) is 10.5 Å². The number of benzene rings is 1. The molecule has 0 radical (unpaired) electrons. The standard InChI is InChI=1S/C18H17FN4O4/c1-21-15(12-4-3-11(27-2)5-13(12)19)9-22-8-14(20-16(22)18(21)26)17(25)23-6-10(24)7-23/h3-5,8-10,24H,6-7H2,1-2H3. The van der Waals surface area contributed by atoms with E-state index in [1.165, 1.54) is 46.4 Å². The second-order valence-corrected chi connectivity index (χ2v) is 6.45. The molecule has 0 aliphatic carbocycles. The van der Waals surface area contributed by atoms with Crippen molar-refractivity contribution < 1.29 is 19.0 Å². The van der Waals surface area contributed by atoms with Gasteiger partial charge in [0.15, 0.2) is 0 Å². The van der Waals surface area contributed by atoms with Gasteiger partial charge in [0.25, 0.3) is 11.5 Å². The number of aromatic nitrogens is 3. The van der Waals surface area contributed by atoms with Crippen molar-refractivity contribution in [2.24, 2.45) is 7.05 Å². The summed E-state index contributed by atoms with van der Waals surface area (Å²) in [5, 5.41) is 9.34. The molecule has 3 aromatic rings. The Morgan fingerprint density at radius 1 is 1.33 bits per heavy atom. The van der Waals surface area contributed by atoms with Crippen LogP contribution in [-0.4, -0.2) is 56.2 Å². The molecule has 1 N–H and O–H groups in total. The molecule has 1 saturated heterocycles. The van der Waals surface area contributed by atoms with Crippen LogP contribution in [0.2, 0.25) is 0 Å². The van der Waals surface area contributed by atoms with Gasteiger partial charge in [-0.3, -0.25) is 14.0 Å². The number of nitrogens with zero attached hydrogens (tertiary/aromatic N) is 4. The van der Waals surface area contributed by atoms with Gasteiger partial charge < -0.3 is 19.3 Å². The third kappa shape index (κ3) is 2.76. The maximum atomic E-state index is 14.5. The first-order valence-electron chi connectivity index (χ1n) is 8.29. The van der Waals surface area contributed by atoms with Crippen molar-refractivity contribution in [3.63, 3.8) is 0 Å². The second kappa shape index (κ2) is 6.20. The van der Waals surface area contributed by atoms with E-state index >= 15 is 0 Å². The number of ether oxygens (including phenoxy) is 1. The van der Waals surface area contributed by atoms with Crippen LogP contribution in [0.5, 0.6) is 5.75 Å². The van der Waals surface area contributed by atoms with Gasteiger partial charge in [0.05, 0.1) is 18.9 Å². The Kier molecular flexibility index (Phi) is 3.96. The number of carbonyl (C=O) groups excluding carboxylic acids is 1. The minimum absolute atomic E-state index is 0.0691. The Morgan fingerprint density at radius 2 is 2.07 bits per heavy atom. The molecule has 1 fully saturated rings. The van der Waals surface area contributed by atoms with Gasteiger partial charge in [-0.2, -0.15) is 0 Å². The fourth-order valence-corrected chi connectivity index (χ4v) is 3.09. The fourth-order valence-electron chi connectivity index (χ4n) is 3.09. The monoisotopic (exact) mass is 372 g/mol. The zero-order valence-corrected chi connectivity index (χ0v) is 14.7. The first-order chi connectivity index (χ1) is 12.9. The number of fused-ring (bicyclic) bond motifs is 1. The van der Waals surface area contributed by atoms with Crippen LogP contribution in [-0.2, 0) is 7.05 Å². The number of hydrogen-bond acceptors (Lipinski definition) is 5. The minimum Gasteiger partial charge on any atom is -0.497 e. The van der Waals surface area contributed by atoms with Gasteiger partial charge in [0.1, 0.15) is 17.3 Å². The Balaban J connectivity index is 1.81. The van der Waals surface area contributed by atoms with Crippen LogP contribution < -0.4 is 10.3 Å². The van der Waals surface area contributed by atoms with E-state index in [4.69, 9.17) is 4.74 Å². The van der Waals surface area contributed by atoms with Crippen molar-refractivity contribution in [1.82, 2.24) is 18.9 Å². The molecule has 3 heterocycles. The van der Waals surface area contributed by atoms with E-state index in [1.54, 1.807) is 12.3 Å². The molecule has 0 spiro atoms. The van der Waals surface area contributed by atoms with Gasteiger partial charge in [-0.15, -0.1) is 0 Å². The molecule has 0 bridgehead atoms. The highest BCUT2D eigenvalue weighted by Crippen LogP contribution is 2.25. The lowest BCUT2D eigenvalue weighted by Crippen LogP contribution is -2.53. The van der Waals surface area contributed by atoms with Crippen LogP contribution in [0, 0.1) is 5.82 Å². The average molecular weight is 372 g/mol. The Labute approximate surface area is 153 Å². The molecule has 0 saturated carbocycles. The van der Waals surface area contributed by atoms with Gasteiger partial charge in [-0.1, -0.05) is 0 Å². The quantitative estimate of drug-likeness (QED) is 0.730. The molecule has 1 aromatic carbocycles. The average Bonchev–Trinajstić information content (AvgIpc) is 3.06. The largest absolute Gasteiger partial charge is 0.497 e. The summed E-state index contributed by atoms with van der Waals surface area (Å²) in [5.74, 6) is -0.521. The minimum atomic E-state index is -0.533. The van der Waals surface area contributed by atoms with E-state index in [-0.39, 0.29) is 35.9 Å². The number of imidazole rings is 1. The number of carbonyl (C=O) groups is 1. The van der Waals surface area contributed by atoms with Gasteiger partial charge in [-0.05, 0) is 12.1 Å². The highest BCUT2D eigenvalue weighted by atomic mass is 19.1. The van der Waals surface area contributed by atoms with Crippen LogP contribution in [0.4, 0.5) is 4.39 Å². The molecule has 0 atom stereocenters. The smallest absolute Gasteiger partial charge is 0.294 e. The number of aliphatic hydroxyl groups is 1. The van der Waals surface area contributed by atoms with Gasteiger partial charge in [-0.25, -0.2) is 9.37 Å². The number of likely N-dealkylation sites (tertiary alicyclic amines) is 1. The number of methoxy groups -OCH3 is 1. The molecular formula is C18H17FN4O4. The highest BCUT2D eigenvalue weighted by molar-refractivity contribution is 5.93. The lowest BCUT2D eigenvalue weighted by Gasteiger charge is -2.35. The third-order valence-electron chi connectivity index (χ3n) is 4.67. The van der Waals surface area contributed by atoms with Crippen LogP contribution in [0.3, 0.4) is 0 Å². The summed E-state index contributed by atoms with van der Waals surface area (Å²) in [6.07, 6.45) is 2.47. The van der Waals surface area contributed by atoms with Crippen molar-refractivity contribution in [3.8, 4) is 17.0 Å². The van der Waals surface area contributed by atoms with Gasteiger partial charge in [0.2, 0.25) is 5.65 Å². The summed E-state index contributed by atoms with van der Waals surface area (Å²) in [6.45, 7) is 0.486. The Bertz CT molecular complexity index is 1110. The molecule has 4 rings (SSSR count). The summed E-state index contributed by atoms with van der Waals surface area (Å²) >= 11 is 0. The number of aliphatic hydroxyl groups excluding tert-OH is 1. The van der Waals surface area contributed by atoms with E-state index in [9.17, 15) is 19.1 Å². The summed E-state index contributed by atoms with van der Waals surface area (Å²) in [4.78, 5) is 30.6. The van der Waals surface area contributed by atoms with Crippen molar-refractivity contribution in [1.29, 1.82) is 0 Å². The fraction of sp³-hybridized carbons (Fsp3) is 0.278. The molecule has 1 aliphatic heterocycles. The first kappa shape index (κ1) is 17.2. The molecule has 8 nitrogen and oxygen atoms in total. The summed E-state index contributed by atoms with van der Waals surface area (Å²) in [6, 6.07) is 4.37. The SMILES string of the molecule is COc1ccc(-c2cn3cc(C(=O)N4CC(O)C4)nc3c(=O)n2C)c(F)c1. The lowest BCUT2D eigenvalue weighted by atomic mass is 10.1. The van der Waals surface area contributed by atoms with Crippen molar-refractivity contribution >= 4 is 11.6 Å². The predicted octanol–water partition coefficient (Wildman–Crippen LogP) is 0.664. The molecule has 0 unspecified atom stereocenters. The summed E-state index contributed by atoms with van der Waals surface area (Å²) in [7, 11) is 2.96. The lowest BCUT2D eigenvalue weighted by molar-refractivity contribution is 0.00555. The second-order valence-electron chi connectivity index (χ2n) is 6.45. The van der Waals surface area contributed by atoms with Crippen molar-refractivity contribution in [2.45, 2.75) is 6.10 Å².